The maximum atomic E-state index is 13.0. The molecule has 34 heavy (non-hydrogen) atoms. The third-order valence-corrected chi connectivity index (χ3v) is 11.5. The Labute approximate surface area is 205 Å². The summed E-state index contributed by atoms with van der Waals surface area (Å²) >= 11 is 0. The lowest BCUT2D eigenvalue weighted by Crippen LogP contribution is -2.55. The van der Waals surface area contributed by atoms with Gasteiger partial charge in [0.2, 0.25) is 0 Å². The van der Waals surface area contributed by atoms with E-state index in [2.05, 4.69) is 34.6 Å². The Balaban J connectivity index is 1.58. The zero-order valence-electron chi connectivity index (χ0n) is 22.0. The van der Waals surface area contributed by atoms with E-state index in [0.29, 0.717) is 30.8 Å². The molecule has 3 aliphatic carbocycles. The molecule has 6 heteroatoms. The molecule has 0 aromatic carbocycles. The topological polar surface area (TPSA) is 107 Å². The van der Waals surface area contributed by atoms with Crippen molar-refractivity contribution >= 4 is 5.97 Å². The Morgan fingerprint density at radius 1 is 0.912 bits per heavy atom. The third-order valence-electron chi connectivity index (χ3n) is 11.5. The first-order valence-corrected chi connectivity index (χ1v) is 13.7. The molecule has 0 radical (unpaired) electrons. The van der Waals surface area contributed by atoms with Crippen LogP contribution in [0.25, 0.3) is 0 Å². The van der Waals surface area contributed by atoms with E-state index in [1.165, 1.54) is 0 Å². The number of rotatable bonds is 5. The molecule has 0 amide bonds. The zero-order valence-corrected chi connectivity index (χ0v) is 22.0. The van der Waals surface area contributed by atoms with Gasteiger partial charge in [-0.2, -0.15) is 0 Å². The number of cyclic esters (lactones) is 1. The third kappa shape index (κ3) is 4.05. The molecule has 0 aromatic heterocycles. The minimum absolute atomic E-state index is 0.00827. The molecule has 4 rings (SSSR count). The second kappa shape index (κ2) is 9.32. The van der Waals surface area contributed by atoms with E-state index in [1.807, 2.05) is 6.92 Å². The van der Waals surface area contributed by atoms with Crippen molar-refractivity contribution in [1.29, 1.82) is 0 Å². The Morgan fingerprint density at radius 2 is 1.56 bits per heavy atom. The van der Waals surface area contributed by atoms with Crippen LogP contribution in [0.3, 0.4) is 0 Å². The fourth-order valence-corrected chi connectivity index (χ4v) is 8.95. The van der Waals surface area contributed by atoms with E-state index >= 15 is 0 Å². The summed E-state index contributed by atoms with van der Waals surface area (Å²) in [6.45, 7) is 13.2. The number of ether oxygens (including phenoxy) is 1. The minimum Gasteiger partial charge on any atom is -0.465 e. The van der Waals surface area contributed by atoms with Crippen LogP contribution in [0.1, 0.15) is 80.1 Å². The van der Waals surface area contributed by atoms with Gasteiger partial charge in [0.15, 0.2) is 0 Å². The highest BCUT2D eigenvalue weighted by molar-refractivity contribution is 5.74. The predicted molar refractivity (Wildman–Crippen MR) is 130 cm³/mol. The van der Waals surface area contributed by atoms with Gasteiger partial charge in [-0.3, -0.25) is 4.79 Å². The Hall–Kier alpha value is -0.690. The number of aliphatic hydroxyl groups is 4. The van der Waals surface area contributed by atoms with Crippen molar-refractivity contribution in [2.24, 2.45) is 58.2 Å². The summed E-state index contributed by atoms with van der Waals surface area (Å²) in [5.74, 6) is 0.948. The molecule has 196 valence electrons. The van der Waals surface area contributed by atoms with Crippen molar-refractivity contribution in [2.75, 3.05) is 6.61 Å². The summed E-state index contributed by atoms with van der Waals surface area (Å²) in [5.41, 5.74) is -0.345. The predicted octanol–water partition coefficient (Wildman–Crippen LogP) is 3.39. The SMILES string of the molecule is CC(C)C(C)[C@@H](O)[C@H](O)[C@@H](C)[C@H]1CC[C@H]2[C@@H]3COC(=O)[C@H]4C[C@H](O)[C@H](O)C[C@]4(C)[C@H]3CC[C@]12C. The lowest BCUT2D eigenvalue weighted by molar-refractivity contribution is -0.162. The van der Waals surface area contributed by atoms with Crippen LogP contribution in [0, 0.1) is 58.2 Å². The van der Waals surface area contributed by atoms with Gasteiger partial charge in [-0.05, 0) is 90.8 Å². The maximum absolute atomic E-state index is 13.0. The van der Waals surface area contributed by atoms with E-state index < -0.39 is 24.4 Å². The van der Waals surface area contributed by atoms with Gasteiger partial charge in [0, 0.05) is 0 Å². The van der Waals surface area contributed by atoms with E-state index in [4.69, 9.17) is 4.74 Å². The number of esters is 1. The van der Waals surface area contributed by atoms with Crippen molar-refractivity contribution in [3.8, 4) is 0 Å². The second-order valence-electron chi connectivity index (χ2n) is 13.3. The molecule has 1 saturated heterocycles. The van der Waals surface area contributed by atoms with Crippen LogP contribution < -0.4 is 0 Å². The van der Waals surface area contributed by atoms with Crippen LogP contribution in [0.2, 0.25) is 0 Å². The molecule has 13 atom stereocenters. The average molecular weight is 481 g/mol. The molecule has 4 aliphatic rings. The molecular formula is C28H48O6. The van der Waals surface area contributed by atoms with Gasteiger partial charge < -0.3 is 25.2 Å². The van der Waals surface area contributed by atoms with Gasteiger partial charge in [-0.15, -0.1) is 0 Å². The fraction of sp³-hybridized carbons (Fsp3) is 0.964. The van der Waals surface area contributed by atoms with Crippen molar-refractivity contribution in [1.82, 2.24) is 0 Å². The van der Waals surface area contributed by atoms with E-state index in [0.717, 1.165) is 25.7 Å². The highest BCUT2D eigenvalue weighted by Gasteiger charge is 2.63. The largest absolute Gasteiger partial charge is 0.465 e. The highest BCUT2D eigenvalue weighted by atomic mass is 16.5. The van der Waals surface area contributed by atoms with E-state index in [-0.39, 0.29) is 52.8 Å². The van der Waals surface area contributed by atoms with Gasteiger partial charge in [0.25, 0.3) is 0 Å². The summed E-state index contributed by atoms with van der Waals surface area (Å²) in [5, 5.41) is 42.9. The number of hydrogen-bond acceptors (Lipinski definition) is 6. The van der Waals surface area contributed by atoms with E-state index in [9.17, 15) is 25.2 Å². The monoisotopic (exact) mass is 480 g/mol. The molecule has 1 aliphatic heterocycles. The smallest absolute Gasteiger partial charge is 0.309 e. The van der Waals surface area contributed by atoms with Crippen molar-refractivity contribution in [3.63, 3.8) is 0 Å². The van der Waals surface area contributed by atoms with Gasteiger partial charge in [-0.25, -0.2) is 0 Å². The summed E-state index contributed by atoms with van der Waals surface area (Å²) in [4.78, 5) is 13.0. The van der Waals surface area contributed by atoms with Crippen LogP contribution in [0.15, 0.2) is 0 Å². The first-order valence-electron chi connectivity index (χ1n) is 13.7. The van der Waals surface area contributed by atoms with Crippen LogP contribution >= 0.6 is 0 Å². The molecule has 4 N–H and O–H groups in total. The molecule has 0 bridgehead atoms. The lowest BCUT2D eigenvalue weighted by Gasteiger charge is -2.56. The van der Waals surface area contributed by atoms with Crippen molar-refractivity contribution in [2.45, 2.75) is 104 Å². The first kappa shape index (κ1) is 26.4. The number of hydrogen-bond donors (Lipinski definition) is 4. The standard InChI is InChI=1S/C28H48O6/c1-14(2)15(3)24(31)25(32)16(4)18-7-8-19-17-13-34-26(33)21-11-22(29)23(30)12-28(21,6)20(17)9-10-27(18,19)5/h14-25,29-32H,7-13H2,1-6H3/t15?,16-,17-,18+,19-,20-,21+,22-,23+,24+,25+,27+,28+/m0/s1. The lowest BCUT2D eigenvalue weighted by atomic mass is 9.48. The Bertz CT molecular complexity index is 755. The maximum Gasteiger partial charge on any atom is 0.309 e. The summed E-state index contributed by atoms with van der Waals surface area (Å²) < 4.78 is 5.86. The molecule has 3 saturated carbocycles. The molecule has 0 spiro atoms. The Morgan fingerprint density at radius 3 is 2.21 bits per heavy atom. The molecule has 1 heterocycles. The zero-order chi connectivity index (χ0) is 25.2. The van der Waals surface area contributed by atoms with Crippen molar-refractivity contribution < 1.29 is 30.0 Å². The molecule has 1 unspecified atom stereocenters. The number of carbonyl (C=O) groups is 1. The second-order valence-corrected chi connectivity index (χ2v) is 13.3. The summed E-state index contributed by atoms with van der Waals surface area (Å²) in [6.07, 6.45) is 1.61. The number of fused-ring (bicyclic) bond motifs is 5. The highest BCUT2D eigenvalue weighted by Crippen LogP contribution is 2.66. The molecule has 4 fully saturated rings. The molecule has 6 nitrogen and oxygen atoms in total. The van der Waals surface area contributed by atoms with Crippen LogP contribution in [0.5, 0.6) is 0 Å². The van der Waals surface area contributed by atoms with E-state index in [1.54, 1.807) is 0 Å². The Kier molecular flexibility index (Phi) is 7.23. The van der Waals surface area contributed by atoms with Gasteiger partial charge in [-0.1, -0.05) is 41.5 Å². The summed E-state index contributed by atoms with van der Waals surface area (Å²) in [7, 11) is 0. The average Bonchev–Trinajstić information content (AvgIpc) is 3.09. The van der Waals surface area contributed by atoms with Crippen LogP contribution in [0.4, 0.5) is 0 Å². The van der Waals surface area contributed by atoms with Crippen LogP contribution in [-0.4, -0.2) is 57.4 Å². The van der Waals surface area contributed by atoms with Gasteiger partial charge in [0.1, 0.15) is 0 Å². The number of aliphatic hydroxyl groups excluding tert-OH is 4. The van der Waals surface area contributed by atoms with Gasteiger partial charge in [0.05, 0.1) is 36.9 Å². The quantitative estimate of drug-likeness (QED) is 0.450. The minimum atomic E-state index is -0.867. The fourth-order valence-electron chi connectivity index (χ4n) is 8.95. The summed E-state index contributed by atoms with van der Waals surface area (Å²) in [6, 6.07) is 0. The normalized spacial score (nSPS) is 48.1. The molecule has 0 aromatic rings. The first-order chi connectivity index (χ1) is 15.8. The van der Waals surface area contributed by atoms with Crippen LogP contribution in [-0.2, 0) is 9.53 Å². The molecular weight excluding hydrogens is 432 g/mol. The van der Waals surface area contributed by atoms with Gasteiger partial charge >= 0.3 is 5.97 Å². The van der Waals surface area contributed by atoms with Crippen molar-refractivity contribution in [3.05, 3.63) is 0 Å². The number of carbonyl (C=O) groups excluding carboxylic acids is 1.